The second-order valence-corrected chi connectivity index (χ2v) is 5.95. The van der Waals surface area contributed by atoms with Gasteiger partial charge in [-0.3, -0.25) is 10.1 Å². The summed E-state index contributed by atoms with van der Waals surface area (Å²) in [6, 6.07) is 2.99. The number of carboxylic acid groups (broad SMARTS) is 1. The lowest BCUT2D eigenvalue weighted by atomic mass is 9.86. The molecule has 0 unspecified atom stereocenters. The molecule has 2 heterocycles. The standard InChI is InChI=1S/C16H19N3O5/c1-9-12(6-7-23-9)13-8-14(19-24-13)18-16(22)17-11-4-2-10(3-5-11)15(20)21/h6-8,10-11H,2-5H2,1H3,(H,20,21)(H2,17,18,19,22). The molecule has 3 N–H and O–H groups in total. The fraction of sp³-hybridized carbons (Fsp3) is 0.438. The molecular weight excluding hydrogens is 314 g/mol. The fourth-order valence-corrected chi connectivity index (χ4v) is 2.92. The van der Waals surface area contributed by atoms with Crippen LogP contribution < -0.4 is 10.6 Å². The largest absolute Gasteiger partial charge is 0.481 e. The lowest BCUT2D eigenvalue weighted by Crippen LogP contribution is -2.41. The zero-order valence-electron chi connectivity index (χ0n) is 13.2. The van der Waals surface area contributed by atoms with Crippen LogP contribution in [0, 0.1) is 12.8 Å². The maximum atomic E-state index is 12.0. The van der Waals surface area contributed by atoms with Gasteiger partial charge < -0.3 is 19.4 Å². The van der Waals surface area contributed by atoms with Crippen LogP contribution in [-0.2, 0) is 4.79 Å². The van der Waals surface area contributed by atoms with Crippen LogP contribution >= 0.6 is 0 Å². The van der Waals surface area contributed by atoms with Crippen LogP contribution in [0.4, 0.5) is 10.6 Å². The SMILES string of the molecule is Cc1occc1-c1cc(NC(=O)NC2CCC(C(=O)O)CC2)no1. The van der Waals surface area contributed by atoms with Crippen molar-refractivity contribution in [3.63, 3.8) is 0 Å². The van der Waals surface area contributed by atoms with Crippen molar-refractivity contribution in [3.8, 4) is 11.3 Å². The second kappa shape index (κ2) is 6.77. The third-order valence-corrected chi connectivity index (χ3v) is 4.29. The summed E-state index contributed by atoms with van der Waals surface area (Å²) in [5.74, 6) is 0.461. The predicted octanol–water partition coefficient (Wildman–Crippen LogP) is 3.01. The number of hydrogen-bond acceptors (Lipinski definition) is 5. The minimum Gasteiger partial charge on any atom is -0.481 e. The van der Waals surface area contributed by atoms with Crippen molar-refractivity contribution in [2.24, 2.45) is 5.92 Å². The molecule has 1 aliphatic carbocycles. The van der Waals surface area contributed by atoms with Crippen molar-refractivity contribution in [1.29, 1.82) is 0 Å². The van der Waals surface area contributed by atoms with Crippen molar-refractivity contribution in [2.45, 2.75) is 38.6 Å². The molecule has 1 aliphatic rings. The van der Waals surface area contributed by atoms with Gasteiger partial charge in [0.15, 0.2) is 11.6 Å². The Balaban J connectivity index is 1.52. The minimum absolute atomic E-state index is 0.0249. The lowest BCUT2D eigenvalue weighted by Gasteiger charge is -2.26. The molecule has 3 rings (SSSR count). The van der Waals surface area contributed by atoms with Crippen LogP contribution in [0.2, 0.25) is 0 Å². The predicted molar refractivity (Wildman–Crippen MR) is 84.5 cm³/mol. The zero-order chi connectivity index (χ0) is 17.1. The van der Waals surface area contributed by atoms with E-state index < -0.39 is 5.97 Å². The molecule has 0 aromatic carbocycles. The maximum Gasteiger partial charge on any atom is 0.320 e. The molecule has 0 aliphatic heterocycles. The van der Waals surface area contributed by atoms with Gasteiger partial charge in [-0.15, -0.1) is 0 Å². The van der Waals surface area contributed by atoms with Gasteiger partial charge in [-0.1, -0.05) is 5.16 Å². The number of hydrogen-bond donors (Lipinski definition) is 3. The van der Waals surface area contributed by atoms with Crippen LogP contribution in [0.3, 0.4) is 0 Å². The van der Waals surface area contributed by atoms with E-state index in [0.29, 0.717) is 43.0 Å². The summed E-state index contributed by atoms with van der Waals surface area (Å²) < 4.78 is 10.4. The van der Waals surface area contributed by atoms with Crippen LogP contribution in [-0.4, -0.2) is 28.3 Å². The minimum atomic E-state index is -0.762. The number of aliphatic carboxylic acids is 1. The highest BCUT2D eigenvalue weighted by molar-refractivity contribution is 5.89. The number of anilines is 1. The summed E-state index contributed by atoms with van der Waals surface area (Å²) in [7, 11) is 0. The highest BCUT2D eigenvalue weighted by atomic mass is 16.5. The van der Waals surface area contributed by atoms with Crippen LogP contribution in [0.15, 0.2) is 27.3 Å². The van der Waals surface area contributed by atoms with Crippen molar-refractivity contribution in [2.75, 3.05) is 5.32 Å². The molecule has 1 fully saturated rings. The average Bonchev–Trinajstić information content (AvgIpc) is 3.16. The van der Waals surface area contributed by atoms with Gasteiger partial charge in [0.25, 0.3) is 0 Å². The van der Waals surface area contributed by atoms with Crippen LogP contribution in [0.25, 0.3) is 11.3 Å². The van der Waals surface area contributed by atoms with Crippen molar-refractivity contribution in [3.05, 3.63) is 24.2 Å². The molecule has 2 aromatic heterocycles. The summed E-state index contributed by atoms with van der Waals surface area (Å²) >= 11 is 0. The first-order chi connectivity index (χ1) is 11.5. The van der Waals surface area contributed by atoms with Gasteiger partial charge in [-0.2, -0.15) is 0 Å². The Morgan fingerprint density at radius 2 is 2.04 bits per heavy atom. The van der Waals surface area contributed by atoms with E-state index in [-0.39, 0.29) is 18.0 Å². The van der Waals surface area contributed by atoms with Crippen molar-refractivity contribution < 1.29 is 23.6 Å². The van der Waals surface area contributed by atoms with E-state index in [1.807, 2.05) is 6.92 Å². The molecule has 0 atom stereocenters. The first-order valence-corrected chi connectivity index (χ1v) is 7.84. The first kappa shape index (κ1) is 16.1. The molecule has 24 heavy (non-hydrogen) atoms. The molecule has 2 aromatic rings. The van der Waals surface area contributed by atoms with Crippen LogP contribution in [0.5, 0.6) is 0 Å². The second-order valence-electron chi connectivity index (χ2n) is 5.95. The van der Waals surface area contributed by atoms with Crippen LogP contribution in [0.1, 0.15) is 31.4 Å². The fourth-order valence-electron chi connectivity index (χ4n) is 2.92. The number of carbonyl (C=O) groups excluding carboxylic acids is 1. The Morgan fingerprint density at radius 3 is 2.67 bits per heavy atom. The van der Waals surface area contributed by atoms with Crippen molar-refractivity contribution >= 4 is 17.8 Å². The Kier molecular flexibility index (Phi) is 4.54. The van der Waals surface area contributed by atoms with E-state index in [4.69, 9.17) is 14.0 Å². The number of nitrogens with one attached hydrogen (secondary N) is 2. The van der Waals surface area contributed by atoms with E-state index in [2.05, 4.69) is 15.8 Å². The van der Waals surface area contributed by atoms with Gasteiger partial charge in [0.05, 0.1) is 17.7 Å². The van der Waals surface area contributed by atoms with Gasteiger partial charge >= 0.3 is 12.0 Å². The molecule has 1 saturated carbocycles. The zero-order valence-corrected chi connectivity index (χ0v) is 13.2. The van der Waals surface area contributed by atoms with E-state index in [9.17, 15) is 9.59 Å². The highest BCUT2D eigenvalue weighted by Gasteiger charge is 2.26. The smallest absolute Gasteiger partial charge is 0.320 e. The van der Waals surface area contributed by atoms with E-state index in [1.54, 1.807) is 18.4 Å². The number of amides is 2. The molecule has 0 bridgehead atoms. The molecule has 128 valence electrons. The van der Waals surface area contributed by atoms with E-state index in [0.717, 1.165) is 5.56 Å². The Morgan fingerprint density at radius 1 is 1.29 bits per heavy atom. The number of carboxylic acids is 1. The van der Waals surface area contributed by atoms with Gasteiger partial charge in [-0.05, 0) is 38.7 Å². The summed E-state index contributed by atoms with van der Waals surface area (Å²) in [6.45, 7) is 1.81. The summed E-state index contributed by atoms with van der Waals surface area (Å²) in [6.07, 6.45) is 4.02. The Bertz CT molecular complexity index is 728. The summed E-state index contributed by atoms with van der Waals surface area (Å²) in [5.41, 5.74) is 0.781. The number of aromatic nitrogens is 1. The van der Waals surface area contributed by atoms with Gasteiger partial charge in [0, 0.05) is 12.1 Å². The highest BCUT2D eigenvalue weighted by Crippen LogP contribution is 2.27. The molecule has 0 radical (unpaired) electrons. The molecule has 2 amide bonds. The number of carbonyl (C=O) groups is 2. The number of urea groups is 1. The molecule has 8 nitrogen and oxygen atoms in total. The number of aryl methyl sites for hydroxylation is 1. The average molecular weight is 333 g/mol. The molecular formula is C16H19N3O5. The van der Waals surface area contributed by atoms with E-state index in [1.165, 1.54) is 0 Å². The Labute approximate surface area is 138 Å². The Hall–Kier alpha value is -2.77. The monoisotopic (exact) mass is 333 g/mol. The number of rotatable bonds is 4. The van der Waals surface area contributed by atoms with Gasteiger partial charge in [-0.25, -0.2) is 4.79 Å². The summed E-state index contributed by atoms with van der Waals surface area (Å²) in [5, 5.41) is 18.3. The quantitative estimate of drug-likeness (QED) is 0.791. The third kappa shape index (κ3) is 3.58. The topological polar surface area (TPSA) is 118 Å². The summed E-state index contributed by atoms with van der Waals surface area (Å²) in [4.78, 5) is 22.9. The van der Waals surface area contributed by atoms with E-state index >= 15 is 0 Å². The lowest BCUT2D eigenvalue weighted by molar-refractivity contribution is -0.142. The first-order valence-electron chi connectivity index (χ1n) is 7.84. The number of furan rings is 1. The molecule has 0 saturated heterocycles. The maximum absolute atomic E-state index is 12.0. The number of nitrogens with zero attached hydrogens (tertiary/aromatic N) is 1. The molecule has 8 heteroatoms. The molecule has 0 spiro atoms. The van der Waals surface area contributed by atoms with Gasteiger partial charge in [0.2, 0.25) is 0 Å². The normalized spacial score (nSPS) is 20.5. The van der Waals surface area contributed by atoms with Crippen molar-refractivity contribution in [1.82, 2.24) is 10.5 Å². The van der Waals surface area contributed by atoms with Gasteiger partial charge in [0.1, 0.15) is 5.76 Å². The third-order valence-electron chi connectivity index (χ3n) is 4.29.